The van der Waals surface area contributed by atoms with E-state index in [2.05, 4.69) is 44.8 Å². The average Bonchev–Trinajstić information content (AvgIpc) is 3.12. The predicted octanol–water partition coefficient (Wildman–Crippen LogP) is 5.75. The largest absolute Gasteiger partial charge is 0.366 e. The van der Waals surface area contributed by atoms with Crippen molar-refractivity contribution in [3.8, 4) is 11.3 Å². The van der Waals surface area contributed by atoms with Gasteiger partial charge in [0.05, 0.1) is 27.6 Å². The van der Waals surface area contributed by atoms with Gasteiger partial charge in [0.25, 0.3) is 0 Å². The molecular formula is C24H27N3OS. The maximum Gasteiger partial charge on any atom is 0.162 e. The van der Waals surface area contributed by atoms with Gasteiger partial charge < -0.3 is 4.90 Å². The SMILES string of the molecule is CCN(C)C=Nc1cc(C)c(Cc2nc(-c3ccc(C)cc3)c(C=O)s2)cc1C. The number of hydrogen-bond donors (Lipinski definition) is 0. The molecule has 0 spiro atoms. The van der Waals surface area contributed by atoms with Crippen LogP contribution in [0.3, 0.4) is 0 Å². The molecule has 0 aliphatic rings. The van der Waals surface area contributed by atoms with E-state index < -0.39 is 0 Å². The highest BCUT2D eigenvalue weighted by Crippen LogP contribution is 2.30. The second-order valence-corrected chi connectivity index (χ2v) is 8.48. The molecule has 150 valence electrons. The van der Waals surface area contributed by atoms with Crippen LogP contribution in [-0.4, -0.2) is 36.1 Å². The van der Waals surface area contributed by atoms with Crippen LogP contribution in [0.2, 0.25) is 0 Å². The molecule has 0 bridgehead atoms. The highest BCUT2D eigenvalue weighted by molar-refractivity contribution is 7.13. The summed E-state index contributed by atoms with van der Waals surface area (Å²) in [5.41, 5.74) is 7.47. The molecule has 0 saturated carbocycles. The van der Waals surface area contributed by atoms with Gasteiger partial charge in [-0.05, 0) is 50.5 Å². The number of benzene rings is 2. The molecule has 0 aliphatic heterocycles. The van der Waals surface area contributed by atoms with E-state index >= 15 is 0 Å². The van der Waals surface area contributed by atoms with Crippen molar-refractivity contribution in [2.24, 2.45) is 4.99 Å². The third-order valence-corrected chi connectivity index (χ3v) is 6.00. The molecule has 3 aromatic rings. The van der Waals surface area contributed by atoms with E-state index in [0.717, 1.165) is 40.3 Å². The summed E-state index contributed by atoms with van der Waals surface area (Å²) >= 11 is 1.47. The van der Waals surface area contributed by atoms with Crippen LogP contribution in [0.1, 0.15) is 43.9 Å². The Morgan fingerprint density at radius 1 is 1.10 bits per heavy atom. The minimum atomic E-state index is 0.682. The van der Waals surface area contributed by atoms with Gasteiger partial charge in [-0.3, -0.25) is 4.79 Å². The summed E-state index contributed by atoms with van der Waals surface area (Å²) < 4.78 is 0. The number of thiazole rings is 1. The monoisotopic (exact) mass is 405 g/mol. The lowest BCUT2D eigenvalue weighted by molar-refractivity contribution is 0.112. The van der Waals surface area contributed by atoms with Crippen molar-refractivity contribution in [3.63, 3.8) is 0 Å². The van der Waals surface area contributed by atoms with Gasteiger partial charge in [-0.25, -0.2) is 9.98 Å². The minimum absolute atomic E-state index is 0.682. The number of hydrogen-bond acceptors (Lipinski definition) is 4. The maximum atomic E-state index is 11.6. The molecule has 0 saturated heterocycles. The van der Waals surface area contributed by atoms with Crippen molar-refractivity contribution in [3.05, 3.63) is 68.5 Å². The normalized spacial score (nSPS) is 11.2. The van der Waals surface area contributed by atoms with Crippen molar-refractivity contribution < 1.29 is 4.79 Å². The van der Waals surface area contributed by atoms with Crippen LogP contribution in [0.5, 0.6) is 0 Å². The van der Waals surface area contributed by atoms with E-state index in [1.807, 2.05) is 42.6 Å². The molecule has 0 amide bonds. The molecular weight excluding hydrogens is 378 g/mol. The predicted molar refractivity (Wildman–Crippen MR) is 123 cm³/mol. The topological polar surface area (TPSA) is 45.6 Å². The summed E-state index contributed by atoms with van der Waals surface area (Å²) in [6, 6.07) is 12.5. The lowest BCUT2D eigenvalue weighted by atomic mass is 10.0. The number of nitrogens with zero attached hydrogens (tertiary/aromatic N) is 3. The number of aldehydes is 1. The molecule has 0 N–H and O–H groups in total. The zero-order valence-corrected chi connectivity index (χ0v) is 18.5. The zero-order valence-electron chi connectivity index (χ0n) is 17.7. The van der Waals surface area contributed by atoms with Crippen molar-refractivity contribution in [1.82, 2.24) is 9.88 Å². The van der Waals surface area contributed by atoms with Gasteiger partial charge in [0.15, 0.2) is 6.29 Å². The van der Waals surface area contributed by atoms with Gasteiger partial charge >= 0.3 is 0 Å². The summed E-state index contributed by atoms with van der Waals surface area (Å²) in [6.07, 6.45) is 3.49. The Kier molecular flexibility index (Phi) is 6.60. The first kappa shape index (κ1) is 20.9. The summed E-state index contributed by atoms with van der Waals surface area (Å²) in [6.45, 7) is 9.26. The van der Waals surface area contributed by atoms with E-state index in [-0.39, 0.29) is 0 Å². The Labute approximate surface area is 177 Å². The minimum Gasteiger partial charge on any atom is -0.366 e. The number of aryl methyl sites for hydroxylation is 3. The van der Waals surface area contributed by atoms with E-state index in [0.29, 0.717) is 11.3 Å². The Hall–Kier alpha value is -2.79. The molecule has 1 aromatic heterocycles. The zero-order chi connectivity index (χ0) is 21.0. The molecule has 3 rings (SSSR count). The first-order valence-corrected chi connectivity index (χ1v) is 10.6. The third kappa shape index (κ3) is 4.98. The fourth-order valence-corrected chi connectivity index (χ4v) is 3.97. The first-order chi connectivity index (χ1) is 13.9. The molecule has 0 unspecified atom stereocenters. The van der Waals surface area contributed by atoms with E-state index in [4.69, 9.17) is 4.98 Å². The molecule has 5 heteroatoms. The summed E-state index contributed by atoms with van der Waals surface area (Å²) in [7, 11) is 2.01. The fraction of sp³-hybridized carbons (Fsp3) is 0.292. The highest BCUT2D eigenvalue weighted by Gasteiger charge is 2.14. The number of carbonyl (C=O) groups is 1. The van der Waals surface area contributed by atoms with E-state index in [1.165, 1.54) is 28.0 Å². The number of rotatable bonds is 7. The van der Waals surface area contributed by atoms with Gasteiger partial charge in [0.2, 0.25) is 0 Å². The van der Waals surface area contributed by atoms with Gasteiger partial charge in [-0.2, -0.15) is 0 Å². The second-order valence-electron chi connectivity index (χ2n) is 7.36. The van der Waals surface area contributed by atoms with Crippen LogP contribution in [0.15, 0.2) is 41.4 Å². The van der Waals surface area contributed by atoms with Crippen LogP contribution < -0.4 is 0 Å². The summed E-state index contributed by atoms with van der Waals surface area (Å²) in [5, 5.41) is 0.951. The first-order valence-electron chi connectivity index (χ1n) is 9.77. The molecule has 0 fully saturated rings. The quantitative estimate of drug-likeness (QED) is 0.286. The van der Waals surface area contributed by atoms with Gasteiger partial charge in [-0.1, -0.05) is 35.9 Å². The van der Waals surface area contributed by atoms with Crippen LogP contribution in [-0.2, 0) is 6.42 Å². The van der Waals surface area contributed by atoms with E-state index in [1.54, 1.807) is 0 Å². The van der Waals surface area contributed by atoms with Crippen molar-refractivity contribution in [2.75, 3.05) is 13.6 Å². The molecule has 0 radical (unpaired) electrons. The molecule has 0 aliphatic carbocycles. The number of aliphatic imine (C=N–C) groups is 1. The molecule has 29 heavy (non-hydrogen) atoms. The molecule has 0 atom stereocenters. The number of carbonyl (C=O) groups excluding carboxylic acids is 1. The lowest BCUT2D eigenvalue weighted by Gasteiger charge is -2.11. The Bertz CT molecular complexity index is 1040. The van der Waals surface area contributed by atoms with Crippen LogP contribution in [0.4, 0.5) is 5.69 Å². The van der Waals surface area contributed by atoms with E-state index in [9.17, 15) is 4.79 Å². The second kappa shape index (κ2) is 9.14. The summed E-state index contributed by atoms with van der Waals surface area (Å²) in [5.74, 6) is 0. The molecule has 2 aromatic carbocycles. The van der Waals surface area contributed by atoms with Gasteiger partial charge in [-0.15, -0.1) is 11.3 Å². The fourth-order valence-electron chi connectivity index (χ4n) is 3.05. The molecule has 1 heterocycles. The Morgan fingerprint density at radius 3 is 2.48 bits per heavy atom. The number of aromatic nitrogens is 1. The van der Waals surface area contributed by atoms with Crippen LogP contribution in [0, 0.1) is 20.8 Å². The highest BCUT2D eigenvalue weighted by atomic mass is 32.1. The summed E-state index contributed by atoms with van der Waals surface area (Å²) in [4.78, 5) is 23.7. The van der Waals surface area contributed by atoms with Gasteiger partial charge in [0.1, 0.15) is 0 Å². The standard InChI is InChI=1S/C24H27N3OS/c1-6-27(5)15-25-21-12-17(3)20(11-18(21)4)13-23-26-24(22(14-28)29-23)19-9-7-16(2)8-10-19/h7-12,14-15H,6,13H2,1-5H3. The molecule has 4 nitrogen and oxygen atoms in total. The van der Waals surface area contributed by atoms with Crippen molar-refractivity contribution in [2.45, 2.75) is 34.1 Å². The smallest absolute Gasteiger partial charge is 0.162 e. The third-order valence-electron chi connectivity index (χ3n) is 5.02. The Morgan fingerprint density at radius 2 is 1.83 bits per heavy atom. The van der Waals surface area contributed by atoms with Crippen LogP contribution in [0.25, 0.3) is 11.3 Å². The lowest BCUT2D eigenvalue weighted by Crippen LogP contribution is -2.14. The average molecular weight is 406 g/mol. The van der Waals surface area contributed by atoms with Crippen LogP contribution >= 0.6 is 11.3 Å². The van der Waals surface area contributed by atoms with Gasteiger partial charge in [0, 0.05) is 25.6 Å². The maximum absolute atomic E-state index is 11.6. The Balaban J connectivity index is 1.88. The van der Waals surface area contributed by atoms with Crippen molar-refractivity contribution >= 4 is 29.6 Å². The van der Waals surface area contributed by atoms with Crippen molar-refractivity contribution in [1.29, 1.82) is 0 Å².